The van der Waals surface area contributed by atoms with Gasteiger partial charge in [-0.1, -0.05) is 11.6 Å². The summed E-state index contributed by atoms with van der Waals surface area (Å²) in [4.78, 5) is 9.20. The number of halogens is 3. The van der Waals surface area contributed by atoms with E-state index in [1.165, 1.54) is 11.3 Å². The molecular formula is C16H25Cl3N6. The van der Waals surface area contributed by atoms with Crippen molar-refractivity contribution in [3.8, 4) is 0 Å². The van der Waals surface area contributed by atoms with E-state index in [1.807, 2.05) is 25.5 Å². The molecule has 6 nitrogen and oxygen atoms in total. The van der Waals surface area contributed by atoms with Crippen LogP contribution in [0.25, 0.3) is 0 Å². The standard InChI is InChI=1S/C16H23ClN6.2ClH/c1-10-15(17)11(2)23(22-10)9-8-19-16-13-4-6-18-7-5-14(13)20-12(3)21-16;;/h18H,4-9H2,1-3H3,(H,19,20,21);2*1H. The molecule has 2 aromatic rings. The molecule has 0 aromatic carbocycles. The molecule has 0 saturated carbocycles. The van der Waals surface area contributed by atoms with Gasteiger partial charge < -0.3 is 10.6 Å². The molecule has 0 fully saturated rings. The Bertz CT molecular complexity index is 716. The third-order valence-corrected chi connectivity index (χ3v) is 4.75. The summed E-state index contributed by atoms with van der Waals surface area (Å²) in [7, 11) is 0. The lowest BCUT2D eigenvalue weighted by molar-refractivity contribution is 0.614. The second-order valence-corrected chi connectivity index (χ2v) is 6.31. The maximum atomic E-state index is 6.20. The van der Waals surface area contributed by atoms with E-state index in [0.717, 1.165) is 67.1 Å². The minimum atomic E-state index is 0. The van der Waals surface area contributed by atoms with Gasteiger partial charge in [-0.25, -0.2) is 9.97 Å². The van der Waals surface area contributed by atoms with Gasteiger partial charge in [0.25, 0.3) is 0 Å². The van der Waals surface area contributed by atoms with Crippen LogP contribution < -0.4 is 10.6 Å². The molecule has 0 amide bonds. The van der Waals surface area contributed by atoms with Crippen molar-refractivity contribution in [3.63, 3.8) is 0 Å². The number of nitrogens with zero attached hydrogens (tertiary/aromatic N) is 4. The van der Waals surface area contributed by atoms with Crippen molar-refractivity contribution in [1.29, 1.82) is 0 Å². The lowest BCUT2D eigenvalue weighted by Crippen LogP contribution is -2.17. The van der Waals surface area contributed by atoms with E-state index >= 15 is 0 Å². The third-order valence-electron chi connectivity index (χ3n) is 4.20. The number of nitrogens with one attached hydrogen (secondary N) is 2. The second kappa shape index (κ2) is 9.57. The van der Waals surface area contributed by atoms with Crippen molar-refractivity contribution in [2.75, 3.05) is 25.0 Å². The van der Waals surface area contributed by atoms with Crippen LogP contribution in [0, 0.1) is 20.8 Å². The minimum absolute atomic E-state index is 0. The molecule has 3 heterocycles. The lowest BCUT2D eigenvalue weighted by atomic mass is 10.1. The molecule has 0 aliphatic carbocycles. The van der Waals surface area contributed by atoms with Crippen LogP contribution in [-0.4, -0.2) is 39.4 Å². The smallest absolute Gasteiger partial charge is 0.133 e. The summed E-state index contributed by atoms with van der Waals surface area (Å²) in [5, 5.41) is 12.1. The average Bonchev–Trinajstić information content (AvgIpc) is 2.72. The van der Waals surface area contributed by atoms with Crippen molar-refractivity contribution in [3.05, 3.63) is 33.5 Å². The average molecular weight is 408 g/mol. The van der Waals surface area contributed by atoms with Crippen LogP contribution in [0.3, 0.4) is 0 Å². The van der Waals surface area contributed by atoms with Crippen molar-refractivity contribution in [2.24, 2.45) is 0 Å². The fourth-order valence-corrected chi connectivity index (χ4v) is 3.12. The quantitative estimate of drug-likeness (QED) is 0.815. The van der Waals surface area contributed by atoms with Gasteiger partial charge in [0.2, 0.25) is 0 Å². The monoisotopic (exact) mass is 406 g/mol. The molecular weight excluding hydrogens is 383 g/mol. The van der Waals surface area contributed by atoms with Crippen LogP contribution in [0.5, 0.6) is 0 Å². The zero-order valence-corrected chi connectivity index (χ0v) is 17.1. The van der Waals surface area contributed by atoms with Crippen LogP contribution in [0.1, 0.15) is 28.5 Å². The first kappa shape index (κ1) is 22.0. The van der Waals surface area contributed by atoms with E-state index < -0.39 is 0 Å². The van der Waals surface area contributed by atoms with Gasteiger partial charge in [0.1, 0.15) is 11.6 Å². The molecule has 25 heavy (non-hydrogen) atoms. The van der Waals surface area contributed by atoms with Crippen molar-refractivity contribution >= 4 is 42.2 Å². The van der Waals surface area contributed by atoms with Crippen molar-refractivity contribution in [1.82, 2.24) is 25.1 Å². The van der Waals surface area contributed by atoms with E-state index in [0.29, 0.717) is 0 Å². The fourth-order valence-electron chi connectivity index (χ4n) is 2.99. The summed E-state index contributed by atoms with van der Waals surface area (Å²) in [6, 6.07) is 0. The SMILES string of the molecule is Cc1nc2c(c(NCCn3nc(C)c(Cl)c3C)n1)CCNCC2.Cl.Cl. The van der Waals surface area contributed by atoms with E-state index in [4.69, 9.17) is 11.6 Å². The van der Waals surface area contributed by atoms with Gasteiger partial charge in [-0.15, -0.1) is 24.8 Å². The first-order chi connectivity index (χ1) is 11.1. The summed E-state index contributed by atoms with van der Waals surface area (Å²) < 4.78 is 1.94. The molecule has 9 heteroatoms. The van der Waals surface area contributed by atoms with Gasteiger partial charge in [-0.05, 0) is 33.7 Å². The number of hydrogen-bond donors (Lipinski definition) is 2. The van der Waals surface area contributed by atoms with Gasteiger partial charge in [0.15, 0.2) is 0 Å². The molecule has 1 aliphatic rings. The van der Waals surface area contributed by atoms with Gasteiger partial charge in [-0.2, -0.15) is 5.10 Å². The largest absolute Gasteiger partial charge is 0.368 e. The van der Waals surface area contributed by atoms with Crippen LogP contribution in [-0.2, 0) is 19.4 Å². The number of hydrogen-bond acceptors (Lipinski definition) is 5. The van der Waals surface area contributed by atoms with Gasteiger partial charge >= 0.3 is 0 Å². The highest BCUT2D eigenvalue weighted by atomic mass is 35.5. The first-order valence-electron chi connectivity index (χ1n) is 8.06. The highest BCUT2D eigenvalue weighted by molar-refractivity contribution is 6.31. The maximum Gasteiger partial charge on any atom is 0.133 e. The van der Waals surface area contributed by atoms with Crippen LogP contribution in [0.15, 0.2) is 0 Å². The molecule has 0 saturated heterocycles. The Hall–Kier alpha value is -1.08. The van der Waals surface area contributed by atoms with Crippen molar-refractivity contribution < 1.29 is 0 Å². The molecule has 140 valence electrons. The molecule has 0 bridgehead atoms. The number of aryl methyl sites for hydroxylation is 2. The summed E-state index contributed by atoms with van der Waals surface area (Å²) in [6.07, 6.45) is 1.92. The van der Waals surface area contributed by atoms with Gasteiger partial charge in [0, 0.05) is 25.1 Å². The number of rotatable bonds is 4. The number of aromatic nitrogens is 4. The van der Waals surface area contributed by atoms with E-state index in [9.17, 15) is 0 Å². The molecule has 2 N–H and O–H groups in total. The Balaban J connectivity index is 0.00000156. The number of fused-ring (bicyclic) bond motifs is 1. The lowest BCUT2D eigenvalue weighted by Gasteiger charge is -2.14. The summed E-state index contributed by atoms with van der Waals surface area (Å²) in [5.41, 5.74) is 4.29. The molecule has 2 aromatic heterocycles. The van der Waals surface area contributed by atoms with E-state index in [-0.39, 0.29) is 24.8 Å². The Morgan fingerprint density at radius 1 is 1.12 bits per heavy atom. The predicted molar refractivity (Wildman–Crippen MR) is 107 cm³/mol. The maximum absolute atomic E-state index is 6.20. The highest BCUT2D eigenvalue weighted by Gasteiger charge is 2.15. The second-order valence-electron chi connectivity index (χ2n) is 5.93. The minimum Gasteiger partial charge on any atom is -0.368 e. The van der Waals surface area contributed by atoms with E-state index in [2.05, 4.69) is 25.7 Å². The zero-order valence-electron chi connectivity index (χ0n) is 14.7. The Morgan fingerprint density at radius 2 is 1.84 bits per heavy atom. The molecule has 3 rings (SSSR count). The van der Waals surface area contributed by atoms with E-state index in [1.54, 1.807) is 0 Å². The number of anilines is 1. The Morgan fingerprint density at radius 3 is 2.52 bits per heavy atom. The van der Waals surface area contributed by atoms with Gasteiger partial charge in [-0.3, -0.25) is 4.68 Å². The Kier molecular flexibility index (Phi) is 8.41. The highest BCUT2D eigenvalue weighted by Crippen LogP contribution is 2.21. The molecule has 0 radical (unpaired) electrons. The molecule has 0 spiro atoms. The van der Waals surface area contributed by atoms with Crippen LogP contribution in [0.2, 0.25) is 5.02 Å². The molecule has 0 unspecified atom stereocenters. The Labute approximate surface area is 166 Å². The summed E-state index contributed by atoms with van der Waals surface area (Å²) >= 11 is 6.20. The van der Waals surface area contributed by atoms with Crippen LogP contribution in [0.4, 0.5) is 5.82 Å². The summed E-state index contributed by atoms with van der Waals surface area (Å²) in [6.45, 7) is 9.34. The summed E-state index contributed by atoms with van der Waals surface area (Å²) in [5.74, 6) is 1.78. The van der Waals surface area contributed by atoms with Crippen LogP contribution >= 0.6 is 36.4 Å². The normalized spacial score (nSPS) is 13.3. The first-order valence-corrected chi connectivity index (χ1v) is 8.44. The predicted octanol–water partition coefficient (Wildman–Crippen LogP) is 2.90. The van der Waals surface area contributed by atoms with Crippen molar-refractivity contribution in [2.45, 2.75) is 40.2 Å². The molecule has 1 aliphatic heterocycles. The fraction of sp³-hybridized carbons (Fsp3) is 0.562. The topological polar surface area (TPSA) is 67.7 Å². The third kappa shape index (κ3) is 4.97. The van der Waals surface area contributed by atoms with Gasteiger partial charge in [0.05, 0.1) is 28.6 Å². The molecule has 0 atom stereocenters. The zero-order chi connectivity index (χ0) is 16.4.